The fourth-order valence-electron chi connectivity index (χ4n) is 1.72. The van der Waals surface area contributed by atoms with Gasteiger partial charge >= 0.3 is 0 Å². The molecule has 0 aliphatic heterocycles. The average molecular weight is 285 g/mol. The molecule has 1 atom stereocenters. The third-order valence-corrected chi connectivity index (χ3v) is 3.33. The maximum absolute atomic E-state index is 5.87. The zero-order chi connectivity index (χ0) is 12.0. The predicted molar refractivity (Wildman–Crippen MR) is 73.6 cm³/mol. The first-order valence-corrected chi connectivity index (χ1v) is 7.02. The first-order chi connectivity index (χ1) is 7.65. The van der Waals surface area contributed by atoms with E-state index in [0.717, 1.165) is 30.0 Å². The lowest BCUT2D eigenvalue weighted by molar-refractivity contribution is 0.279. The van der Waals surface area contributed by atoms with Crippen LogP contribution in [0.15, 0.2) is 18.2 Å². The molecule has 0 spiro atoms. The van der Waals surface area contributed by atoms with E-state index in [1.807, 2.05) is 0 Å². The van der Waals surface area contributed by atoms with Crippen molar-refractivity contribution in [2.24, 2.45) is 5.92 Å². The van der Waals surface area contributed by atoms with Gasteiger partial charge in [-0.2, -0.15) is 0 Å². The van der Waals surface area contributed by atoms with Crippen molar-refractivity contribution in [3.63, 3.8) is 0 Å². The SMILES string of the molecule is Cc1cccc(C)c1OCCC(C)CCBr. The van der Waals surface area contributed by atoms with Crippen molar-refractivity contribution in [1.82, 2.24) is 0 Å². The second-order valence-electron chi connectivity index (χ2n) is 4.44. The molecule has 1 aromatic rings. The first kappa shape index (κ1) is 13.6. The second-order valence-corrected chi connectivity index (χ2v) is 5.23. The summed E-state index contributed by atoms with van der Waals surface area (Å²) in [7, 11) is 0. The smallest absolute Gasteiger partial charge is 0.125 e. The van der Waals surface area contributed by atoms with Crippen LogP contribution in [0.2, 0.25) is 0 Å². The molecular weight excluding hydrogens is 264 g/mol. The van der Waals surface area contributed by atoms with E-state index < -0.39 is 0 Å². The Bertz CT molecular complexity index is 302. The van der Waals surface area contributed by atoms with E-state index in [2.05, 4.69) is 54.9 Å². The van der Waals surface area contributed by atoms with E-state index in [-0.39, 0.29) is 0 Å². The van der Waals surface area contributed by atoms with Gasteiger partial charge in [-0.15, -0.1) is 0 Å². The Morgan fingerprint density at radius 2 is 1.81 bits per heavy atom. The molecule has 0 aromatic heterocycles. The van der Waals surface area contributed by atoms with Crippen LogP contribution in [0.5, 0.6) is 5.75 Å². The molecule has 0 N–H and O–H groups in total. The molecule has 0 fully saturated rings. The monoisotopic (exact) mass is 284 g/mol. The van der Waals surface area contributed by atoms with E-state index in [9.17, 15) is 0 Å². The Balaban J connectivity index is 2.43. The fraction of sp³-hybridized carbons (Fsp3) is 0.571. The Labute approximate surface area is 107 Å². The summed E-state index contributed by atoms with van der Waals surface area (Å²) in [5.74, 6) is 1.79. The van der Waals surface area contributed by atoms with Gasteiger partial charge in [0.2, 0.25) is 0 Å². The van der Waals surface area contributed by atoms with Gasteiger partial charge in [0.25, 0.3) is 0 Å². The minimum atomic E-state index is 0.726. The lowest BCUT2D eigenvalue weighted by Crippen LogP contribution is -2.06. The molecule has 0 aliphatic rings. The van der Waals surface area contributed by atoms with Crippen molar-refractivity contribution in [3.05, 3.63) is 29.3 Å². The van der Waals surface area contributed by atoms with E-state index in [0.29, 0.717) is 0 Å². The van der Waals surface area contributed by atoms with Gasteiger partial charge in [-0.05, 0) is 43.7 Å². The van der Waals surface area contributed by atoms with Crippen molar-refractivity contribution in [2.45, 2.75) is 33.6 Å². The number of aryl methyl sites for hydroxylation is 2. The lowest BCUT2D eigenvalue weighted by Gasteiger charge is -2.14. The van der Waals surface area contributed by atoms with Crippen molar-refractivity contribution < 1.29 is 4.74 Å². The van der Waals surface area contributed by atoms with Crippen LogP contribution in [0.3, 0.4) is 0 Å². The topological polar surface area (TPSA) is 9.23 Å². The van der Waals surface area contributed by atoms with Crippen LogP contribution in [0.25, 0.3) is 0 Å². The molecule has 16 heavy (non-hydrogen) atoms. The van der Waals surface area contributed by atoms with Gasteiger partial charge in [0.1, 0.15) is 5.75 Å². The highest BCUT2D eigenvalue weighted by molar-refractivity contribution is 9.09. The highest BCUT2D eigenvalue weighted by atomic mass is 79.9. The Morgan fingerprint density at radius 3 is 2.38 bits per heavy atom. The maximum Gasteiger partial charge on any atom is 0.125 e. The molecule has 1 nitrogen and oxygen atoms in total. The summed E-state index contributed by atoms with van der Waals surface area (Å²) in [5.41, 5.74) is 2.46. The summed E-state index contributed by atoms with van der Waals surface area (Å²) in [6.45, 7) is 7.30. The van der Waals surface area contributed by atoms with Gasteiger partial charge in [-0.3, -0.25) is 0 Å². The molecule has 1 unspecified atom stereocenters. The second kappa shape index (κ2) is 6.95. The first-order valence-electron chi connectivity index (χ1n) is 5.90. The quantitative estimate of drug-likeness (QED) is 0.699. The van der Waals surface area contributed by atoms with Gasteiger partial charge in [0, 0.05) is 5.33 Å². The molecular formula is C14H21BrO. The van der Waals surface area contributed by atoms with Crippen LogP contribution in [0.4, 0.5) is 0 Å². The van der Waals surface area contributed by atoms with Gasteiger partial charge in [0.15, 0.2) is 0 Å². The average Bonchev–Trinajstić information content (AvgIpc) is 2.23. The summed E-state index contributed by atoms with van der Waals surface area (Å²) in [5, 5.41) is 1.08. The Kier molecular flexibility index (Phi) is 5.89. The summed E-state index contributed by atoms with van der Waals surface area (Å²) in [4.78, 5) is 0. The number of benzene rings is 1. The van der Waals surface area contributed by atoms with Crippen molar-refractivity contribution >= 4 is 15.9 Å². The number of hydrogen-bond acceptors (Lipinski definition) is 1. The van der Waals surface area contributed by atoms with Gasteiger partial charge in [0.05, 0.1) is 6.61 Å². The Morgan fingerprint density at radius 1 is 1.19 bits per heavy atom. The van der Waals surface area contributed by atoms with E-state index in [1.165, 1.54) is 17.5 Å². The molecule has 2 heteroatoms. The number of alkyl halides is 1. The normalized spacial score (nSPS) is 12.5. The van der Waals surface area contributed by atoms with Crippen LogP contribution >= 0.6 is 15.9 Å². The summed E-state index contributed by atoms with van der Waals surface area (Å²) < 4.78 is 5.87. The van der Waals surface area contributed by atoms with E-state index in [4.69, 9.17) is 4.74 Å². The molecule has 1 rings (SSSR count). The van der Waals surface area contributed by atoms with Crippen LogP contribution in [0.1, 0.15) is 30.9 Å². The third kappa shape index (κ3) is 4.17. The van der Waals surface area contributed by atoms with E-state index >= 15 is 0 Å². The zero-order valence-electron chi connectivity index (χ0n) is 10.4. The largest absolute Gasteiger partial charge is 0.493 e. The minimum absolute atomic E-state index is 0.726. The van der Waals surface area contributed by atoms with Crippen LogP contribution < -0.4 is 4.74 Å². The van der Waals surface area contributed by atoms with Gasteiger partial charge in [-0.25, -0.2) is 0 Å². The highest BCUT2D eigenvalue weighted by Gasteiger charge is 2.05. The summed E-state index contributed by atoms with van der Waals surface area (Å²) in [6, 6.07) is 6.28. The highest BCUT2D eigenvalue weighted by Crippen LogP contribution is 2.23. The maximum atomic E-state index is 5.87. The predicted octanol–water partition coefficient (Wildman–Crippen LogP) is 4.49. The number of ether oxygens (including phenoxy) is 1. The molecule has 0 amide bonds. The van der Waals surface area contributed by atoms with Gasteiger partial charge < -0.3 is 4.74 Å². The fourth-order valence-corrected chi connectivity index (χ4v) is 2.50. The van der Waals surface area contributed by atoms with Crippen molar-refractivity contribution in [3.8, 4) is 5.75 Å². The number of rotatable bonds is 6. The molecule has 0 aliphatic carbocycles. The van der Waals surface area contributed by atoms with Gasteiger partial charge in [-0.1, -0.05) is 41.1 Å². The molecule has 0 saturated carbocycles. The number of hydrogen-bond donors (Lipinski definition) is 0. The van der Waals surface area contributed by atoms with Crippen LogP contribution in [-0.2, 0) is 0 Å². The molecule has 0 radical (unpaired) electrons. The van der Waals surface area contributed by atoms with Crippen LogP contribution in [-0.4, -0.2) is 11.9 Å². The van der Waals surface area contributed by atoms with E-state index in [1.54, 1.807) is 0 Å². The minimum Gasteiger partial charge on any atom is -0.493 e. The number of halogens is 1. The molecule has 90 valence electrons. The molecule has 1 aromatic carbocycles. The Hall–Kier alpha value is -0.500. The molecule has 0 bridgehead atoms. The third-order valence-electron chi connectivity index (χ3n) is 2.87. The zero-order valence-corrected chi connectivity index (χ0v) is 12.0. The van der Waals surface area contributed by atoms with Crippen LogP contribution in [0, 0.1) is 19.8 Å². The molecule has 0 saturated heterocycles. The summed E-state index contributed by atoms with van der Waals surface area (Å²) in [6.07, 6.45) is 2.34. The van der Waals surface area contributed by atoms with Crippen molar-refractivity contribution in [1.29, 1.82) is 0 Å². The van der Waals surface area contributed by atoms with Crippen molar-refractivity contribution in [2.75, 3.05) is 11.9 Å². The lowest BCUT2D eigenvalue weighted by atomic mass is 10.1. The standard InChI is InChI=1S/C14H21BrO/c1-11(7-9-15)8-10-16-14-12(2)5-4-6-13(14)3/h4-6,11H,7-10H2,1-3H3. The number of para-hydroxylation sites is 1. The summed E-state index contributed by atoms with van der Waals surface area (Å²) >= 11 is 3.47. The molecule has 0 heterocycles.